The summed E-state index contributed by atoms with van der Waals surface area (Å²) in [6, 6.07) is 19.5. The van der Waals surface area contributed by atoms with Crippen LogP contribution in [-0.2, 0) is 18.4 Å². The number of rotatable bonds is 3. The van der Waals surface area contributed by atoms with E-state index in [1.807, 2.05) is 66.7 Å². The number of aryl methyl sites for hydroxylation is 2. The van der Waals surface area contributed by atoms with E-state index < -0.39 is 5.60 Å². The fourth-order valence-corrected chi connectivity index (χ4v) is 6.24. The molecule has 2 aliphatic rings. The maximum Gasteiger partial charge on any atom is 0.282 e. The molecular formula is C27H23N3O2S. The molecule has 6 rings (SSSR count). The lowest BCUT2D eigenvalue weighted by Gasteiger charge is -2.27. The van der Waals surface area contributed by atoms with Gasteiger partial charge in [0.25, 0.3) is 5.56 Å². The Morgan fingerprint density at radius 2 is 1.73 bits per heavy atom. The summed E-state index contributed by atoms with van der Waals surface area (Å²) in [5.41, 5.74) is 2.97. The standard InChI is InChI=1S/C27H23N3O2S/c31-26-24-21-13-7-8-14-23(21)33-25(24)28-17-30(26)29-20-15-22(18-9-3-1-4-10-18)27(32,16-20)19-11-5-2-6-12-19/h1-6,9-12,15,17,32H,7-8,13-14,16H2. The van der Waals surface area contributed by atoms with Crippen molar-refractivity contribution in [3.05, 3.63) is 105 Å². The summed E-state index contributed by atoms with van der Waals surface area (Å²) >= 11 is 1.64. The number of fused-ring (bicyclic) bond motifs is 3. The SMILES string of the molecule is O=c1c2c3c(sc2ncn1N=C1C=C(c2ccccc2)C(O)(c2ccccc2)C1)CCCC3. The quantitative estimate of drug-likeness (QED) is 0.479. The lowest BCUT2D eigenvalue weighted by atomic mass is 9.84. The Balaban J connectivity index is 1.48. The molecule has 2 aromatic heterocycles. The van der Waals surface area contributed by atoms with Gasteiger partial charge < -0.3 is 5.11 Å². The fourth-order valence-electron chi connectivity index (χ4n) is 5.02. The van der Waals surface area contributed by atoms with Crippen LogP contribution >= 0.6 is 11.3 Å². The van der Waals surface area contributed by atoms with Crippen molar-refractivity contribution in [3.63, 3.8) is 0 Å². The van der Waals surface area contributed by atoms with Crippen molar-refractivity contribution in [2.45, 2.75) is 37.7 Å². The van der Waals surface area contributed by atoms with Crippen molar-refractivity contribution < 1.29 is 5.11 Å². The first-order valence-electron chi connectivity index (χ1n) is 11.3. The first-order chi connectivity index (χ1) is 16.1. The van der Waals surface area contributed by atoms with E-state index in [0.717, 1.165) is 46.4 Å². The molecule has 0 bridgehead atoms. The van der Waals surface area contributed by atoms with Crippen molar-refractivity contribution in [2.24, 2.45) is 5.10 Å². The van der Waals surface area contributed by atoms with Gasteiger partial charge in [-0.3, -0.25) is 4.79 Å². The Morgan fingerprint density at radius 3 is 2.52 bits per heavy atom. The van der Waals surface area contributed by atoms with Crippen LogP contribution in [0.15, 0.2) is 83.0 Å². The normalized spacial score (nSPS) is 21.4. The zero-order chi connectivity index (χ0) is 22.4. The van der Waals surface area contributed by atoms with Gasteiger partial charge in [-0.1, -0.05) is 60.7 Å². The predicted octanol–water partition coefficient (Wildman–Crippen LogP) is 4.92. The molecule has 0 amide bonds. The zero-order valence-electron chi connectivity index (χ0n) is 18.1. The molecule has 0 fully saturated rings. The maximum absolute atomic E-state index is 13.4. The summed E-state index contributed by atoms with van der Waals surface area (Å²) in [6.07, 6.45) is 7.93. The molecule has 164 valence electrons. The van der Waals surface area contributed by atoms with Crippen molar-refractivity contribution in [2.75, 3.05) is 0 Å². The van der Waals surface area contributed by atoms with Crippen molar-refractivity contribution >= 4 is 32.8 Å². The zero-order valence-corrected chi connectivity index (χ0v) is 18.9. The van der Waals surface area contributed by atoms with E-state index in [4.69, 9.17) is 0 Å². The molecule has 1 atom stereocenters. The van der Waals surface area contributed by atoms with E-state index in [2.05, 4.69) is 10.1 Å². The minimum atomic E-state index is -1.22. The van der Waals surface area contributed by atoms with Gasteiger partial charge >= 0.3 is 0 Å². The molecule has 0 radical (unpaired) electrons. The second kappa shape index (κ2) is 7.90. The Bertz CT molecular complexity index is 1470. The number of allylic oxidation sites excluding steroid dienone is 1. The van der Waals surface area contributed by atoms with Crippen LogP contribution in [0.25, 0.3) is 15.8 Å². The van der Waals surface area contributed by atoms with Crippen LogP contribution in [0.5, 0.6) is 0 Å². The van der Waals surface area contributed by atoms with E-state index in [1.54, 1.807) is 11.3 Å². The Labute approximate surface area is 195 Å². The lowest BCUT2D eigenvalue weighted by Crippen LogP contribution is -2.26. The van der Waals surface area contributed by atoms with E-state index in [-0.39, 0.29) is 12.0 Å². The number of aliphatic hydroxyl groups is 1. The summed E-state index contributed by atoms with van der Waals surface area (Å²) in [7, 11) is 0. The molecule has 1 unspecified atom stereocenters. The largest absolute Gasteiger partial charge is 0.380 e. The van der Waals surface area contributed by atoms with Crippen LogP contribution in [0.2, 0.25) is 0 Å². The highest BCUT2D eigenvalue weighted by Crippen LogP contribution is 2.44. The van der Waals surface area contributed by atoms with Crippen LogP contribution in [0.3, 0.4) is 0 Å². The molecule has 0 saturated carbocycles. The van der Waals surface area contributed by atoms with Crippen molar-refractivity contribution in [1.82, 2.24) is 9.66 Å². The van der Waals surface area contributed by atoms with Gasteiger partial charge in [-0.15, -0.1) is 11.3 Å². The summed E-state index contributed by atoms with van der Waals surface area (Å²) in [4.78, 5) is 20.0. The average molecular weight is 454 g/mol. The molecule has 0 saturated heterocycles. The average Bonchev–Trinajstić information content (AvgIpc) is 3.40. The number of thiophene rings is 1. The topological polar surface area (TPSA) is 67.5 Å². The summed E-state index contributed by atoms with van der Waals surface area (Å²) in [6.45, 7) is 0. The molecule has 2 aromatic carbocycles. The Kier molecular flexibility index (Phi) is 4.85. The van der Waals surface area contributed by atoms with E-state index >= 15 is 0 Å². The first-order valence-corrected chi connectivity index (χ1v) is 12.1. The van der Waals surface area contributed by atoms with Gasteiger partial charge in [-0.25, -0.2) is 4.98 Å². The van der Waals surface area contributed by atoms with Crippen LogP contribution < -0.4 is 5.56 Å². The van der Waals surface area contributed by atoms with Gasteiger partial charge in [0, 0.05) is 11.3 Å². The fraction of sp³-hybridized carbons (Fsp3) is 0.222. The van der Waals surface area contributed by atoms with E-state index in [0.29, 0.717) is 11.1 Å². The maximum atomic E-state index is 13.4. The Hall–Kier alpha value is -3.35. The second-order valence-electron chi connectivity index (χ2n) is 8.70. The van der Waals surface area contributed by atoms with Gasteiger partial charge in [-0.05, 0) is 54.0 Å². The van der Waals surface area contributed by atoms with Gasteiger partial charge in [0.1, 0.15) is 16.8 Å². The first kappa shape index (κ1) is 20.3. The number of nitrogens with zero attached hydrogens (tertiary/aromatic N) is 3. The predicted molar refractivity (Wildman–Crippen MR) is 133 cm³/mol. The third-order valence-corrected chi connectivity index (χ3v) is 7.82. The van der Waals surface area contributed by atoms with Gasteiger partial charge in [0.15, 0.2) is 0 Å². The lowest BCUT2D eigenvalue weighted by molar-refractivity contribution is 0.113. The summed E-state index contributed by atoms with van der Waals surface area (Å²) in [5, 5.41) is 17.2. The molecule has 33 heavy (non-hydrogen) atoms. The molecule has 0 spiro atoms. The third kappa shape index (κ3) is 3.37. The van der Waals surface area contributed by atoms with E-state index in [1.165, 1.54) is 22.3 Å². The van der Waals surface area contributed by atoms with Crippen LogP contribution in [0.1, 0.15) is 40.8 Å². The summed E-state index contributed by atoms with van der Waals surface area (Å²) in [5.74, 6) is 0. The summed E-state index contributed by atoms with van der Waals surface area (Å²) < 4.78 is 1.34. The molecule has 5 nitrogen and oxygen atoms in total. The monoisotopic (exact) mass is 453 g/mol. The van der Waals surface area contributed by atoms with Gasteiger partial charge in [-0.2, -0.15) is 9.78 Å². The number of hydrogen-bond acceptors (Lipinski definition) is 5. The van der Waals surface area contributed by atoms with Crippen LogP contribution in [-0.4, -0.2) is 20.5 Å². The van der Waals surface area contributed by atoms with Crippen LogP contribution in [0, 0.1) is 0 Å². The second-order valence-corrected chi connectivity index (χ2v) is 9.79. The number of aromatic nitrogens is 2. The highest BCUT2D eigenvalue weighted by molar-refractivity contribution is 7.18. The molecule has 2 heterocycles. The highest BCUT2D eigenvalue weighted by atomic mass is 32.1. The van der Waals surface area contributed by atoms with Crippen molar-refractivity contribution in [3.8, 4) is 0 Å². The molecule has 0 aliphatic heterocycles. The van der Waals surface area contributed by atoms with Gasteiger partial charge in [0.05, 0.1) is 11.1 Å². The number of hydrogen-bond donors (Lipinski definition) is 1. The Morgan fingerprint density at radius 1 is 1.00 bits per heavy atom. The van der Waals surface area contributed by atoms with E-state index in [9.17, 15) is 9.90 Å². The smallest absolute Gasteiger partial charge is 0.282 e. The molecular weight excluding hydrogens is 430 g/mol. The molecule has 4 aromatic rings. The third-order valence-electron chi connectivity index (χ3n) is 6.62. The van der Waals surface area contributed by atoms with Crippen molar-refractivity contribution in [1.29, 1.82) is 0 Å². The van der Waals surface area contributed by atoms with Gasteiger partial charge in [0.2, 0.25) is 0 Å². The molecule has 2 aliphatic carbocycles. The molecule has 1 N–H and O–H groups in total. The minimum absolute atomic E-state index is 0.128. The van der Waals surface area contributed by atoms with Crippen LogP contribution in [0.4, 0.5) is 0 Å². The minimum Gasteiger partial charge on any atom is -0.380 e. The highest BCUT2D eigenvalue weighted by Gasteiger charge is 2.40. The molecule has 6 heteroatoms. The number of benzene rings is 2.